The second-order valence-corrected chi connectivity index (χ2v) is 19.3. The van der Waals surface area contributed by atoms with Gasteiger partial charge in [-0.2, -0.15) is 0 Å². The van der Waals surface area contributed by atoms with Crippen LogP contribution in [0.3, 0.4) is 0 Å². The van der Waals surface area contributed by atoms with E-state index in [-0.39, 0.29) is 5.82 Å². The molecule has 0 unspecified atom stereocenters. The molecule has 0 bridgehead atoms. The van der Waals surface area contributed by atoms with Crippen LogP contribution in [0.15, 0.2) is 24.3 Å². The Hall–Kier alpha value is -0.0513. The van der Waals surface area contributed by atoms with E-state index in [1.165, 1.54) is 55.4 Å². The minimum atomic E-state index is -2.38. The van der Waals surface area contributed by atoms with Crippen molar-refractivity contribution in [1.29, 1.82) is 0 Å². The van der Waals surface area contributed by atoms with Crippen LogP contribution in [0.1, 0.15) is 59.3 Å². The van der Waals surface area contributed by atoms with Crippen molar-refractivity contribution >= 4 is 22.0 Å². The van der Waals surface area contributed by atoms with E-state index >= 15 is 0 Å². The Kier molecular flexibility index (Phi) is 8.83. The fraction of sp³-hybridized carbons (Fsp3) is 0.667. The summed E-state index contributed by atoms with van der Waals surface area (Å²) in [6, 6.07) is 7.64. The Balaban J connectivity index is 3.04. The molecule has 114 valence electrons. The third-order valence-electron chi connectivity index (χ3n) is 4.46. The van der Waals surface area contributed by atoms with Crippen molar-refractivity contribution in [1.82, 2.24) is 0 Å². The summed E-state index contributed by atoms with van der Waals surface area (Å²) >= 11 is -2.38. The molecule has 0 aromatic heterocycles. The number of hydrogen-bond acceptors (Lipinski definition) is 0. The van der Waals surface area contributed by atoms with E-state index in [1.807, 2.05) is 12.1 Å². The van der Waals surface area contributed by atoms with Crippen LogP contribution in [0, 0.1) is 5.82 Å². The molecule has 0 N–H and O–H groups in total. The maximum absolute atomic E-state index is 13.7. The summed E-state index contributed by atoms with van der Waals surface area (Å²) in [6.07, 6.45) is 7.81. The Bertz CT molecular complexity index is 354. The molecule has 0 saturated heterocycles. The van der Waals surface area contributed by atoms with E-state index in [9.17, 15) is 4.39 Å². The Morgan fingerprint density at radius 2 is 1.35 bits per heavy atom. The first kappa shape index (κ1) is 18.0. The predicted molar refractivity (Wildman–Crippen MR) is 90.9 cm³/mol. The van der Waals surface area contributed by atoms with E-state index in [1.54, 1.807) is 6.07 Å². The van der Waals surface area contributed by atoms with Gasteiger partial charge in [0.15, 0.2) is 0 Å². The normalized spacial score (nSPS) is 11.8. The topological polar surface area (TPSA) is 0 Å². The molecule has 0 radical (unpaired) electrons. The average molecular weight is 385 g/mol. The standard InChI is InChI=1S/C6H4F.3C4H9.Sn/c7-6-4-2-1-3-5-6;3*1-3-4-2;/h1-2,4-5H;3*1,3-4H2,2H3;. The SMILES string of the molecule is CCC[CH2][Sn]([CH2]CCC)([CH2]CCC)[c]1cccc(F)c1. The van der Waals surface area contributed by atoms with Crippen molar-refractivity contribution in [3.63, 3.8) is 0 Å². The van der Waals surface area contributed by atoms with Crippen molar-refractivity contribution in [3.8, 4) is 0 Å². The van der Waals surface area contributed by atoms with Gasteiger partial charge in [-0.3, -0.25) is 0 Å². The van der Waals surface area contributed by atoms with Crippen LogP contribution in [0.25, 0.3) is 0 Å². The molecule has 0 nitrogen and oxygen atoms in total. The first-order valence-electron chi connectivity index (χ1n) is 8.44. The van der Waals surface area contributed by atoms with Crippen molar-refractivity contribution in [2.75, 3.05) is 0 Å². The average Bonchev–Trinajstić information content (AvgIpc) is 2.47. The molecular weight excluding hydrogens is 354 g/mol. The van der Waals surface area contributed by atoms with Crippen LogP contribution in [-0.2, 0) is 0 Å². The summed E-state index contributed by atoms with van der Waals surface area (Å²) in [4.78, 5) is 0. The molecule has 0 aliphatic rings. The second kappa shape index (κ2) is 9.81. The maximum atomic E-state index is 13.7. The van der Waals surface area contributed by atoms with Crippen molar-refractivity contribution in [2.45, 2.75) is 72.6 Å². The quantitative estimate of drug-likeness (QED) is 0.441. The molecule has 20 heavy (non-hydrogen) atoms. The first-order valence-corrected chi connectivity index (χ1v) is 15.9. The number of hydrogen-bond donors (Lipinski definition) is 0. The van der Waals surface area contributed by atoms with E-state index in [0.29, 0.717) is 0 Å². The van der Waals surface area contributed by atoms with Gasteiger partial charge in [-0.25, -0.2) is 0 Å². The van der Waals surface area contributed by atoms with Gasteiger partial charge < -0.3 is 0 Å². The zero-order chi connectivity index (χ0) is 14.8. The summed E-state index contributed by atoms with van der Waals surface area (Å²) in [5, 5.41) is 0. The summed E-state index contributed by atoms with van der Waals surface area (Å²) in [6.45, 7) is 6.84. The predicted octanol–water partition coefficient (Wildman–Crippen LogP) is 5.88. The number of rotatable bonds is 10. The van der Waals surface area contributed by atoms with Crippen molar-refractivity contribution in [3.05, 3.63) is 30.1 Å². The van der Waals surface area contributed by atoms with Gasteiger partial charge in [0.2, 0.25) is 0 Å². The molecule has 0 spiro atoms. The molecule has 0 amide bonds. The van der Waals surface area contributed by atoms with Crippen LogP contribution >= 0.6 is 0 Å². The molecule has 2 heteroatoms. The fourth-order valence-electron chi connectivity index (χ4n) is 3.17. The molecule has 0 fully saturated rings. The second-order valence-electron chi connectivity index (χ2n) is 6.10. The summed E-state index contributed by atoms with van der Waals surface area (Å²) in [5.41, 5.74) is 0. The summed E-state index contributed by atoms with van der Waals surface area (Å²) in [7, 11) is 0. The van der Waals surface area contributed by atoms with Gasteiger partial charge in [-0.1, -0.05) is 0 Å². The van der Waals surface area contributed by atoms with Crippen LogP contribution in [0.5, 0.6) is 0 Å². The minimum absolute atomic E-state index is 0.0342. The van der Waals surface area contributed by atoms with Crippen LogP contribution in [0.2, 0.25) is 13.3 Å². The van der Waals surface area contributed by atoms with E-state index in [4.69, 9.17) is 0 Å². The van der Waals surface area contributed by atoms with E-state index in [0.717, 1.165) is 0 Å². The van der Waals surface area contributed by atoms with Crippen LogP contribution in [0.4, 0.5) is 4.39 Å². The molecule has 0 saturated carbocycles. The zero-order valence-corrected chi connectivity index (χ0v) is 16.4. The molecule has 1 rings (SSSR count). The van der Waals surface area contributed by atoms with E-state index < -0.39 is 18.4 Å². The first-order chi connectivity index (χ1) is 9.68. The van der Waals surface area contributed by atoms with Gasteiger partial charge in [0.25, 0.3) is 0 Å². The molecule has 0 aliphatic carbocycles. The summed E-state index contributed by atoms with van der Waals surface area (Å²) < 4.78 is 19.4. The van der Waals surface area contributed by atoms with Crippen LogP contribution < -0.4 is 3.58 Å². The fourth-order valence-corrected chi connectivity index (χ4v) is 19.2. The molecule has 1 aromatic rings. The van der Waals surface area contributed by atoms with Gasteiger partial charge >= 0.3 is 129 Å². The third-order valence-corrected chi connectivity index (χ3v) is 20.1. The summed E-state index contributed by atoms with van der Waals surface area (Å²) in [5.74, 6) is -0.0342. The van der Waals surface area contributed by atoms with Crippen molar-refractivity contribution in [2.24, 2.45) is 0 Å². The number of benzene rings is 1. The Labute approximate surface area is 129 Å². The van der Waals surface area contributed by atoms with Gasteiger partial charge in [-0.05, 0) is 0 Å². The van der Waals surface area contributed by atoms with Gasteiger partial charge in [0, 0.05) is 0 Å². The molecular formula is C18H31FSn. The molecule has 0 aliphatic heterocycles. The molecule has 0 atom stereocenters. The molecule has 0 heterocycles. The number of unbranched alkanes of at least 4 members (excludes halogenated alkanes) is 3. The van der Waals surface area contributed by atoms with Crippen LogP contribution in [-0.4, -0.2) is 18.4 Å². The molecule has 1 aromatic carbocycles. The monoisotopic (exact) mass is 386 g/mol. The Morgan fingerprint density at radius 1 is 0.850 bits per heavy atom. The zero-order valence-electron chi connectivity index (χ0n) is 13.6. The van der Waals surface area contributed by atoms with E-state index in [2.05, 4.69) is 26.8 Å². The third kappa shape index (κ3) is 5.38. The van der Waals surface area contributed by atoms with Gasteiger partial charge in [0.1, 0.15) is 0 Å². The number of halogens is 1. The van der Waals surface area contributed by atoms with Gasteiger partial charge in [-0.15, -0.1) is 0 Å². The Morgan fingerprint density at radius 3 is 1.75 bits per heavy atom. The van der Waals surface area contributed by atoms with Gasteiger partial charge in [0.05, 0.1) is 0 Å². The van der Waals surface area contributed by atoms with Crippen molar-refractivity contribution < 1.29 is 4.39 Å².